The molecule has 0 atom stereocenters. The molecule has 0 spiro atoms. The lowest BCUT2D eigenvalue weighted by Crippen LogP contribution is -2.31. The highest BCUT2D eigenvalue weighted by Crippen LogP contribution is 2.13. The Morgan fingerprint density at radius 3 is 1.82 bits per heavy atom. The topological polar surface area (TPSA) is 79.5 Å². The molecule has 0 radical (unpaired) electrons. The van der Waals surface area contributed by atoms with Crippen LogP contribution in [-0.4, -0.2) is 27.2 Å². The first kappa shape index (κ1) is 18.1. The SMILES string of the molecule is COS(=O)(=O)[O-].COc1cc[n+](-c2c(C)cccc2C)cc1. The summed E-state index contributed by atoms with van der Waals surface area (Å²) in [5, 5.41) is 0. The Morgan fingerprint density at radius 2 is 1.45 bits per heavy atom. The lowest BCUT2D eigenvalue weighted by Gasteiger charge is -2.04. The second-order valence-corrected chi connectivity index (χ2v) is 5.61. The van der Waals surface area contributed by atoms with Crippen molar-refractivity contribution in [3.8, 4) is 11.4 Å². The van der Waals surface area contributed by atoms with E-state index in [1.165, 1.54) is 16.8 Å². The highest BCUT2D eigenvalue weighted by molar-refractivity contribution is 7.80. The molecule has 1 heterocycles. The second-order valence-electron chi connectivity index (χ2n) is 4.46. The van der Waals surface area contributed by atoms with Crippen molar-refractivity contribution in [2.45, 2.75) is 13.8 Å². The summed E-state index contributed by atoms with van der Waals surface area (Å²) in [7, 11) is -1.92. The molecule has 0 bridgehead atoms. The Labute approximate surface area is 130 Å². The van der Waals surface area contributed by atoms with Gasteiger partial charge < -0.3 is 9.29 Å². The van der Waals surface area contributed by atoms with E-state index in [9.17, 15) is 13.0 Å². The number of aryl methyl sites for hydroxylation is 2. The van der Waals surface area contributed by atoms with E-state index >= 15 is 0 Å². The van der Waals surface area contributed by atoms with Crippen molar-refractivity contribution >= 4 is 10.4 Å². The summed E-state index contributed by atoms with van der Waals surface area (Å²) < 4.78 is 38.3. The molecule has 0 unspecified atom stereocenters. The van der Waals surface area contributed by atoms with Crippen LogP contribution >= 0.6 is 0 Å². The Morgan fingerprint density at radius 1 is 1.00 bits per heavy atom. The molecule has 2 aromatic rings. The fraction of sp³-hybridized carbons (Fsp3) is 0.267. The zero-order chi connectivity index (χ0) is 16.8. The van der Waals surface area contributed by atoms with Crippen LogP contribution in [0.25, 0.3) is 5.69 Å². The largest absolute Gasteiger partial charge is 0.726 e. The van der Waals surface area contributed by atoms with E-state index in [0.717, 1.165) is 12.9 Å². The van der Waals surface area contributed by atoms with Crippen LogP contribution in [0.15, 0.2) is 42.7 Å². The maximum absolute atomic E-state index is 9.22. The monoisotopic (exact) mass is 325 g/mol. The molecular formula is C15H19NO5S. The van der Waals surface area contributed by atoms with E-state index in [1.807, 2.05) is 24.5 Å². The lowest BCUT2D eigenvalue weighted by molar-refractivity contribution is -0.596. The minimum atomic E-state index is -4.41. The molecule has 0 aliphatic rings. The van der Waals surface area contributed by atoms with E-state index in [-0.39, 0.29) is 0 Å². The summed E-state index contributed by atoms with van der Waals surface area (Å²) in [6.07, 6.45) is 4.04. The third kappa shape index (κ3) is 5.44. The first-order valence-corrected chi connectivity index (χ1v) is 7.75. The van der Waals surface area contributed by atoms with E-state index in [1.54, 1.807) is 7.11 Å². The molecular weight excluding hydrogens is 306 g/mol. The number of aromatic nitrogens is 1. The van der Waals surface area contributed by atoms with Crippen molar-refractivity contribution in [1.82, 2.24) is 0 Å². The van der Waals surface area contributed by atoms with Gasteiger partial charge in [0.1, 0.15) is 5.75 Å². The highest BCUT2D eigenvalue weighted by Gasteiger charge is 2.12. The third-order valence-corrected chi connectivity index (χ3v) is 3.34. The Hall–Kier alpha value is -1.96. The molecule has 0 saturated carbocycles. The van der Waals surface area contributed by atoms with Gasteiger partial charge in [0.05, 0.1) is 14.2 Å². The van der Waals surface area contributed by atoms with Crippen LogP contribution in [0.4, 0.5) is 0 Å². The maximum atomic E-state index is 9.22. The summed E-state index contributed by atoms with van der Waals surface area (Å²) in [5.74, 6) is 0.877. The van der Waals surface area contributed by atoms with Gasteiger partial charge in [0.25, 0.3) is 0 Å². The van der Waals surface area contributed by atoms with Gasteiger partial charge in [0.2, 0.25) is 16.1 Å². The van der Waals surface area contributed by atoms with Gasteiger partial charge in [-0.2, -0.15) is 4.57 Å². The quantitative estimate of drug-likeness (QED) is 0.487. The lowest BCUT2D eigenvalue weighted by atomic mass is 10.1. The number of hydrogen-bond acceptors (Lipinski definition) is 5. The van der Waals surface area contributed by atoms with Gasteiger partial charge in [0.15, 0.2) is 12.4 Å². The van der Waals surface area contributed by atoms with Gasteiger partial charge in [0, 0.05) is 23.3 Å². The highest BCUT2D eigenvalue weighted by atomic mass is 32.3. The molecule has 1 aromatic heterocycles. The van der Waals surface area contributed by atoms with Gasteiger partial charge in [-0.25, -0.2) is 8.42 Å². The van der Waals surface area contributed by atoms with E-state index < -0.39 is 10.4 Å². The number of ether oxygens (including phenoxy) is 1. The number of nitrogens with zero attached hydrogens (tertiary/aromatic N) is 1. The third-order valence-electron chi connectivity index (χ3n) is 2.94. The number of methoxy groups -OCH3 is 1. The predicted molar refractivity (Wildman–Crippen MR) is 80.7 cm³/mol. The summed E-state index contributed by atoms with van der Waals surface area (Å²) in [4.78, 5) is 0. The number of pyridine rings is 1. The van der Waals surface area contributed by atoms with Gasteiger partial charge in [-0.3, -0.25) is 4.18 Å². The molecule has 0 amide bonds. The molecule has 0 N–H and O–H groups in total. The van der Waals surface area contributed by atoms with Crippen LogP contribution in [0.2, 0.25) is 0 Å². The summed E-state index contributed by atoms with van der Waals surface area (Å²) >= 11 is 0. The smallest absolute Gasteiger partial charge is 0.217 e. The fourth-order valence-electron chi connectivity index (χ4n) is 1.91. The first-order valence-electron chi connectivity index (χ1n) is 6.42. The maximum Gasteiger partial charge on any atom is 0.217 e. The Balaban J connectivity index is 0.000000346. The van der Waals surface area contributed by atoms with Crippen LogP contribution < -0.4 is 9.30 Å². The zero-order valence-electron chi connectivity index (χ0n) is 12.9. The number of rotatable bonds is 3. The normalized spacial score (nSPS) is 10.6. The number of hydrogen-bond donors (Lipinski definition) is 0. The van der Waals surface area contributed by atoms with E-state index in [4.69, 9.17) is 4.74 Å². The van der Waals surface area contributed by atoms with E-state index in [0.29, 0.717) is 0 Å². The molecule has 120 valence electrons. The minimum absolute atomic E-state index is 0.808. The number of para-hydroxylation sites is 1. The van der Waals surface area contributed by atoms with Crippen LogP contribution in [-0.2, 0) is 14.6 Å². The zero-order valence-corrected chi connectivity index (χ0v) is 13.8. The summed E-state index contributed by atoms with van der Waals surface area (Å²) in [5.41, 5.74) is 3.79. The van der Waals surface area contributed by atoms with Crippen molar-refractivity contribution in [3.63, 3.8) is 0 Å². The van der Waals surface area contributed by atoms with Crippen LogP contribution in [0, 0.1) is 13.8 Å². The van der Waals surface area contributed by atoms with E-state index in [2.05, 4.69) is 40.8 Å². The standard InChI is InChI=1S/C14H16NO.CH4O4S/c1-11-5-4-6-12(2)14(11)15-9-7-13(16-3)8-10-15;1-5-6(2,3)4/h4-10H,1-3H3;1H3,(H,2,3,4)/q+1;/p-1. The minimum Gasteiger partial charge on any atom is -0.726 e. The molecule has 0 aliphatic carbocycles. The van der Waals surface area contributed by atoms with Gasteiger partial charge in [-0.1, -0.05) is 18.2 Å². The average Bonchev–Trinajstić information content (AvgIpc) is 2.48. The van der Waals surface area contributed by atoms with Crippen molar-refractivity contribution in [3.05, 3.63) is 53.9 Å². The second kappa shape index (κ2) is 7.88. The molecule has 1 aromatic carbocycles. The fourth-order valence-corrected chi connectivity index (χ4v) is 1.91. The Bertz CT molecular complexity index is 691. The molecule has 0 aliphatic heterocycles. The Kier molecular flexibility index (Phi) is 6.48. The van der Waals surface area contributed by atoms with Crippen LogP contribution in [0.3, 0.4) is 0 Å². The number of benzene rings is 1. The van der Waals surface area contributed by atoms with Crippen molar-refractivity contribution in [2.75, 3.05) is 14.2 Å². The molecule has 7 heteroatoms. The van der Waals surface area contributed by atoms with Crippen molar-refractivity contribution < 1.29 is 26.5 Å². The summed E-state index contributed by atoms with van der Waals surface area (Å²) in [6.45, 7) is 4.25. The average molecular weight is 325 g/mol. The summed E-state index contributed by atoms with van der Waals surface area (Å²) in [6, 6.07) is 10.3. The van der Waals surface area contributed by atoms with Gasteiger partial charge in [-0.15, -0.1) is 0 Å². The van der Waals surface area contributed by atoms with Gasteiger partial charge in [-0.05, 0) is 13.8 Å². The molecule has 6 nitrogen and oxygen atoms in total. The molecule has 0 fully saturated rings. The van der Waals surface area contributed by atoms with Crippen molar-refractivity contribution in [2.24, 2.45) is 0 Å². The molecule has 22 heavy (non-hydrogen) atoms. The van der Waals surface area contributed by atoms with Crippen molar-refractivity contribution in [1.29, 1.82) is 0 Å². The first-order chi connectivity index (χ1) is 10.3. The van der Waals surface area contributed by atoms with Crippen LogP contribution in [0.1, 0.15) is 11.1 Å². The molecule has 0 saturated heterocycles. The van der Waals surface area contributed by atoms with Gasteiger partial charge >= 0.3 is 0 Å². The predicted octanol–water partition coefficient (Wildman–Crippen LogP) is 1.68. The molecule has 2 rings (SSSR count). The van der Waals surface area contributed by atoms with Crippen LogP contribution in [0.5, 0.6) is 5.75 Å².